The van der Waals surface area contributed by atoms with E-state index in [2.05, 4.69) is 5.32 Å². The quantitative estimate of drug-likeness (QED) is 0.847. The molecular formula is C13H16N2O2. The second-order valence-electron chi connectivity index (χ2n) is 3.88. The van der Waals surface area contributed by atoms with Gasteiger partial charge in [-0.25, -0.2) is 0 Å². The number of nitriles is 1. The molecule has 4 heteroatoms. The van der Waals surface area contributed by atoms with E-state index in [-0.39, 0.29) is 18.4 Å². The lowest BCUT2D eigenvalue weighted by molar-refractivity contribution is -0.117. The van der Waals surface area contributed by atoms with Gasteiger partial charge in [0.2, 0.25) is 5.91 Å². The second kappa shape index (κ2) is 6.66. The van der Waals surface area contributed by atoms with Gasteiger partial charge in [-0.05, 0) is 26.0 Å². The first-order valence-corrected chi connectivity index (χ1v) is 5.54. The molecule has 0 saturated carbocycles. The third kappa shape index (κ3) is 4.66. The van der Waals surface area contributed by atoms with Gasteiger partial charge in [0.25, 0.3) is 0 Å². The van der Waals surface area contributed by atoms with Crippen LogP contribution in [0, 0.1) is 11.3 Å². The topological polar surface area (TPSA) is 62.1 Å². The van der Waals surface area contributed by atoms with E-state index in [1.54, 1.807) is 24.3 Å². The van der Waals surface area contributed by atoms with E-state index >= 15 is 0 Å². The van der Waals surface area contributed by atoms with Crippen LogP contribution in [0.15, 0.2) is 24.3 Å². The summed E-state index contributed by atoms with van der Waals surface area (Å²) in [4.78, 5) is 11.6. The van der Waals surface area contributed by atoms with Crippen LogP contribution in [0.3, 0.4) is 0 Å². The standard InChI is InChI=1S/C13H16N2O2/c1-10(2)17-8-7-13(16)15-12-6-4-3-5-11(12)9-14/h3-6,10H,7-8H2,1-2H3,(H,15,16). The van der Waals surface area contributed by atoms with E-state index in [1.807, 2.05) is 19.9 Å². The van der Waals surface area contributed by atoms with Gasteiger partial charge in [0, 0.05) is 0 Å². The highest BCUT2D eigenvalue weighted by molar-refractivity contribution is 5.92. The van der Waals surface area contributed by atoms with Crippen molar-refractivity contribution < 1.29 is 9.53 Å². The Morgan fingerprint density at radius 2 is 2.18 bits per heavy atom. The Morgan fingerprint density at radius 3 is 2.82 bits per heavy atom. The number of rotatable bonds is 5. The lowest BCUT2D eigenvalue weighted by Gasteiger charge is -2.08. The maximum absolute atomic E-state index is 11.6. The molecule has 0 aliphatic heterocycles. The van der Waals surface area contributed by atoms with Crippen molar-refractivity contribution in [1.82, 2.24) is 0 Å². The first-order valence-electron chi connectivity index (χ1n) is 5.54. The van der Waals surface area contributed by atoms with Gasteiger partial charge in [-0.1, -0.05) is 12.1 Å². The highest BCUT2D eigenvalue weighted by Crippen LogP contribution is 2.13. The van der Waals surface area contributed by atoms with Gasteiger partial charge in [0.1, 0.15) is 6.07 Å². The van der Waals surface area contributed by atoms with E-state index in [1.165, 1.54) is 0 Å². The molecule has 1 amide bonds. The summed E-state index contributed by atoms with van der Waals surface area (Å²) in [6, 6.07) is 8.94. The van der Waals surface area contributed by atoms with Crippen molar-refractivity contribution in [2.75, 3.05) is 11.9 Å². The summed E-state index contributed by atoms with van der Waals surface area (Å²) in [5, 5.41) is 11.5. The zero-order chi connectivity index (χ0) is 12.7. The number of amides is 1. The summed E-state index contributed by atoms with van der Waals surface area (Å²) in [5.74, 6) is -0.145. The number of benzene rings is 1. The molecule has 0 unspecified atom stereocenters. The molecule has 90 valence electrons. The van der Waals surface area contributed by atoms with Crippen molar-refractivity contribution in [3.05, 3.63) is 29.8 Å². The molecule has 0 aliphatic carbocycles. The van der Waals surface area contributed by atoms with Gasteiger partial charge < -0.3 is 10.1 Å². The fourth-order valence-corrected chi connectivity index (χ4v) is 1.29. The minimum atomic E-state index is -0.145. The second-order valence-corrected chi connectivity index (χ2v) is 3.88. The number of hydrogen-bond donors (Lipinski definition) is 1. The summed E-state index contributed by atoms with van der Waals surface area (Å²) in [6.45, 7) is 4.23. The van der Waals surface area contributed by atoms with E-state index in [0.717, 1.165) is 0 Å². The summed E-state index contributed by atoms with van der Waals surface area (Å²) < 4.78 is 5.28. The normalized spacial score (nSPS) is 10.0. The summed E-state index contributed by atoms with van der Waals surface area (Å²) in [5.41, 5.74) is 1.01. The largest absolute Gasteiger partial charge is 0.378 e. The number of nitrogens with one attached hydrogen (secondary N) is 1. The van der Waals surface area contributed by atoms with Crippen molar-refractivity contribution in [2.45, 2.75) is 26.4 Å². The van der Waals surface area contributed by atoms with Gasteiger partial charge in [-0.3, -0.25) is 4.79 Å². The van der Waals surface area contributed by atoms with Crippen molar-refractivity contribution in [1.29, 1.82) is 5.26 Å². The first kappa shape index (κ1) is 13.2. The Bertz CT molecular complexity index is 422. The van der Waals surface area contributed by atoms with Crippen molar-refractivity contribution >= 4 is 11.6 Å². The molecule has 17 heavy (non-hydrogen) atoms. The van der Waals surface area contributed by atoms with Crippen molar-refractivity contribution in [3.8, 4) is 6.07 Å². The van der Waals surface area contributed by atoms with Crippen LogP contribution in [-0.2, 0) is 9.53 Å². The van der Waals surface area contributed by atoms with Crippen LogP contribution in [-0.4, -0.2) is 18.6 Å². The van der Waals surface area contributed by atoms with Crippen molar-refractivity contribution in [2.24, 2.45) is 0 Å². The Labute approximate surface area is 101 Å². The predicted molar refractivity (Wildman–Crippen MR) is 65.5 cm³/mol. The summed E-state index contributed by atoms with van der Waals surface area (Å²) in [6.07, 6.45) is 0.409. The Hall–Kier alpha value is -1.86. The fraction of sp³-hybridized carbons (Fsp3) is 0.385. The van der Waals surface area contributed by atoms with Crippen LogP contribution in [0.5, 0.6) is 0 Å². The zero-order valence-electron chi connectivity index (χ0n) is 10.1. The number of carbonyl (C=O) groups is 1. The van der Waals surface area contributed by atoms with Gasteiger partial charge >= 0.3 is 0 Å². The van der Waals surface area contributed by atoms with Gasteiger partial charge in [0.05, 0.1) is 30.4 Å². The third-order valence-corrected chi connectivity index (χ3v) is 2.10. The Kier molecular flexibility index (Phi) is 5.18. The number of nitrogens with zero attached hydrogens (tertiary/aromatic N) is 1. The Morgan fingerprint density at radius 1 is 1.47 bits per heavy atom. The number of carbonyl (C=O) groups excluding carboxylic acids is 1. The lowest BCUT2D eigenvalue weighted by Crippen LogP contribution is -2.16. The van der Waals surface area contributed by atoms with Gasteiger partial charge in [-0.2, -0.15) is 5.26 Å². The maximum Gasteiger partial charge on any atom is 0.226 e. The minimum Gasteiger partial charge on any atom is -0.378 e. The Balaban J connectivity index is 2.48. The molecule has 0 bridgehead atoms. The number of ether oxygens (including phenoxy) is 1. The van der Waals surface area contributed by atoms with Gasteiger partial charge in [0.15, 0.2) is 0 Å². The van der Waals surface area contributed by atoms with Crippen LogP contribution in [0.4, 0.5) is 5.69 Å². The molecule has 1 rings (SSSR count). The van der Waals surface area contributed by atoms with Crippen LogP contribution in [0.1, 0.15) is 25.8 Å². The molecule has 0 saturated heterocycles. The van der Waals surface area contributed by atoms with E-state index in [0.29, 0.717) is 17.9 Å². The molecule has 0 fully saturated rings. The minimum absolute atomic E-state index is 0.120. The highest BCUT2D eigenvalue weighted by Gasteiger charge is 2.06. The van der Waals surface area contributed by atoms with Crippen LogP contribution < -0.4 is 5.32 Å². The lowest BCUT2D eigenvalue weighted by atomic mass is 10.2. The summed E-state index contributed by atoms with van der Waals surface area (Å²) in [7, 11) is 0. The van der Waals surface area contributed by atoms with Crippen LogP contribution in [0.25, 0.3) is 0 Å². The summed E-state index contributed by atoms with van der Waals surface area (Å²) >= 11 is 0. The average molecular weight is 232 g/mol. The van der Waals surface area contributed by atoms with Crippen LogP contribution >= 0.6 is 0 Å². The van der Waals surface area contributed by atoms with E-state index < -0.39 is 0 Å². The van der Waals surface area contributed by atoms with Crippen molar-refractivity contribution in [3.63, 3.8) is 0 Å². The van der Waals surface area contributed by atoms with Gasteiger partial charge in [-0.15, -0.1) is 0 Å². The van der Waals surface area contributed by atoms with E-state index in [4.69, 9.17) is 10.00 Å². The molecule has 0 radical (unpaired) electrons. The number of anilines is 1. The SMILES string of the molecule is CC(C)OCCC(=O)Nc1ccccc1C#N. The number of hydrogen-bond acceptors (Lipinski definition) is 3. The maximum atomic E-state index is 11.6. The predicted octanol–water partition coefficient (Wildman–Crippen LogP) is 2.31. The molecule has 1 N–H and O–H groups in total. The van der Waals surface area contributed by atoms with Crippen LogP contribution in [0.2, 0.25) is 0 Å². The first-order chi connectivity index (χ1) is 8.13. The molecule has 0 aliphatic rings. The fourth-order valence-electron chi connectivity index (χ4n) is 1.29. The molecule has 0 heterocycles. The highest BCUT2D eigenvalue weighted by atomic mass is 16.5. The average Bonchev–Trinajstić information content (AvgIpc) is 2.29. The zero-order valence-corrected chi connectivity index (χ0v) is 10.1. The molecule has 0 atom stereocenters. The monoisotopic (exact) mass is 232 g/mol. The molecule has 1 aromatic carbocycles. The number of para-hydroxylation sites is 1. The molecule has 0 aromatic heterocycles. The molecule has 0 spiro atoms. The molecule has 1 aromatic rings. The molecular weight excluding hydrogens is 216 g/mol. The smallest absolute Gasteiger partial charge is 0.226 e. The molecule has 4 nitrogen and oxygen atoms in total. The van der Waals surface area contributed by atoms with E-state index in [9.17, 15) is 4.79 Å². The third-order valence-electron chi connectivity index (χ3n) is 2.10.